The third-order valence-corrected chi connectivity index (χ3v) is 3.33. The molecule has 1 unspecified atom stereocenters. The van der Waals surface area contributed by atoms with E-state index < -0.39 is 12.0 Å². The molecular weight excluding hydrogens is 272 g/mol. The number of rotatable bonds is 7. The van der Waals surface area contributed by atoms with Crippen molar-refractivity contribution in [2.24, 2.45) is 0 Å². The van der Waals surface area contributed by atoms with E-state index in [4.69, 9.17) is 9.84 Å². The molecule has 0 bridgehead atoms. The molecule has 1 aromatic carbocycles. The predicted octanol–water partition coefficient (Wildman–Crippen LogP) is 1.74. The molecule has 1 aromatic rings. The summed E-state index contributed by atoms with van der Waals surface area (Å²) >= 11 is 0. The number of nitrogens with zero attached hydrogens (tertiary/aromatic N) is 1. The van der Waals surface area contributed by atoms with Gasteiger partial charge >= 0.3 is 5.97 Å². The summed E-state index contributed by atoms with van der Waals surface area (Å²) in [5.74, 6) is -0.490. The summed E-state index contributed by atoms with van der Waals surface area (Å²) in [5, 5.41) is 11.5. The Labute approximate surface area is 124 Å². The second kappa shape index (κ2) is 7.64. The number of amides is 1. The SMILES string of the molecule is COc1ccc(C)cc1NC(=O)C(C)N(C)CCC(=O)O. The minimum Gasteiger partial charge on any atom is -0.495 e. The van der Waals surface area contributed by atoms with E-state index in [1.165, 1.54) is 0 Å². The van der Waals surface area contributed by atoms with E-state index >= 15 is 0 Å². The Morgan fingerprint density at radius 1 is 1.43 bits per heavy atom. The van der Waals surface area contributed by atoms with E-state index in [-0.39, 0.29) is 12.3 Å². The van der Waals surface area contributed by atoms with Crippen molar-refractivity contribution in [2.45, 2.75) is 26.3 Å². The number of methoxy groups -OCH3 is 1. The number of benzene rings is 1. The lowest BCUT2D eigenvalue weighted by Crippen LogP contribution is -2.40. The van der Waals surface area contributed by atoms with Crippen LogP contribution in [-0.4, -0.2) is 48.6 Å². The van der Waals surface area contributed by atoms with Crippen molar-refractivity contribution in [3.63, 3.8) is 0 Å². The highest BCUT2D eigenvalue weighted by Crippen LogP contribution is 2.25. The van der Waals surface area contributed by atoms with Gasteiger partial charge in [0, 0.05) is 6.54 Å². The van der Waals surface area contributed by atoms with E-state index in [1.807, 2.05) is 19.1 Å². The van der Waals surface area contributed by atoms with Gasteiger partial charge in [-0.05, 0) is 38.6 Å². The minimum atomic E-state index is -0.880. The number of aliphatic carboxylic acids is 1. The Morgan fingerprint density at radius 2 is 2.10 bits per heavy atom. The maximum Gasteiger partial charge on any atom is 0.304 e. The van der Waals surface area contributed by atoms with Gasteiger partial charge in [0.15, 0.2) is 0 Å². The normalized spacial score (nSPS) is 12.0. The molecule has 1 atom stereocenters. The summed E-state index contributed by atoms with van der Waals surface area (Å²) in [4.78, 5) is 24.5. The summed E-state index contributed by atoms with van der Waals surface area (Å²) in [6.45, 7) is 3.98. The average Bonchev–Trinajstić information content (AvgIpc) is 2.44. The zero-order chi connectivity index (χ0) is 16.0. The highest BCUT2D eigenvalue weighted by Gasteiger charge is 2.19. The largest absolute Gasteiger partial charge is 0.495 e. The van der Waals surface area contributed by atoms with Crippen LogP contribution >= 0.6 is 0 Å². The molecule has 0 aliphatic carbocycles. The number of anilines is 1. The maximum atomic E-state index is 12.2. The zero-order valence-corrected chi connectivity index (χ0v) is 12.8. The summed E-state index contributed by atoms with van der Waals surface area (Å²) < 4.78 is 5.21. The number of hydrogen-bond donors (Lipinski definition) is 2. The van der Waals surface area contributed by atoms with E-state index in [0.717, 1.165) is 5.56 Å². The van der Waals surface area contributed by atoms with Crippen molar-refractivity contribution in [1.82, 2.24) is 4.90 Å². The van der Waals surface area contributed by atoms with Crippen LogP contribution in [0.3, 0.4) is 0 Å². The lowest BCUT2D eigenvalue weighted by Gasteiger charge is -2.23. The summed E-state index contributed by atoms with van der Waals surface area (Å²) in [6, 6.07) is 5.09. The Balaban J connectivity index is 2.71. The van der Waals surface area contributed by atoms with E-state index in [1.54, 1.807) is 32.0 Å². The first-order valence-corrected chi connectivity index (χ1v) is 6.72. The van der Waals surface area contributed by atoms with E-state index in [9.17, 15) is 9.59 Å². The van der Waals surface area contributed by atoms with Crippen LogP contribution in [0.15, 0.2) is 18.2 Å². The summed E-state index contributed by atoms with van der Waals surface area (Å²) in [6.07, 6.45) is 0.00187. The molecule has 0 spiro atoms. The van der Waals surface area contributed by atoms with Crippen molar-refractivity contribution < 1.29 is 19.4 Å². The number of nitrogens with one attached hydrogen (secondary N) is 1. The van der Waals surface area contributed by atoms with Gasteiger partial charge < -0.3 is 15.2 Å². The molecule has 6 heteroatoms. The highest BCUT2D eigenvalue weighted by atomic mass is 16.5. The van der Waals surface area contributed by atoms with Gasteiger partial charge in [-0.3, -0.25) is 14.5 Å². The third-order valence-electron chi connectivity index (χ3n) is 3.33. The molecule has 21 heavy (non-hydrogen) atoms. The van der Waals surface area contributed by atoms with Gasteiger partial charge in [-0.2, -0.15) is 0 Å². The molecule has 6 nitrogen and oxygen atoms in total. The fourth-order valence-electron chi connectivity index (χ4n) is 1.82. The molecule has 2 N–H and O–H groups in total. The lowest BCUT2D eigenvalue weighted by atomic mass is 10.2. The number of likely N-dealkylation sites (N-methyl/N-ethyl adjacent to an activating group) is 1. The molecule has 0 saturated carbocycles. The Morgan fingerprint density at radius 3 is 2.67 bits per heavy atom. The van der Waals surface area contributed by atoms with Crippen molar-refractivity contribution in [1.29, 1.82) is 0 Å². The Kier molecular flexibility index (Phi) is 6.17. The quantitative estimate of drug-likeness (QED) is 0.801. The molecule has 116 valence electrons. The first kappa shape index (κ1) is 17.0. The molecule has 0 fully saturated rings. The van der Waals surface area contributed by atoms with Crippen LogP contribution in [0, 0.1) is 6.92 Å². The number of ether oxygens (including phenoxy) is 1. The molecular formula is C15H22N2O4. The van der Waals surface area contributed by atoms with Crippen LogP contribution < -0.4 is 10.1 Å². The molecule has 0 heterocycles. The number of carbonyl (C=O) groups excluding carboxylic acids is 1. The van der Waals surface area contributed by atoms with Crippen LogP contribution in [0.1, 0.15) is 18.9 Å². The number of hydrogen-bond acceptors (Lipinski definition) is 4. The molecule has 0 saturated heterocycles. The first-order valence-electron chi connectivity index (χ1n) is 6.72. The van der Waals surface area contributed by atoms with Crippen LogP contribution in [0.5, 0.6) is 5.75 Å². The zero-order valence-electron chi connectivity index (χ0n) is 12.8. The van der Waals surface area contributed by atoms with Gasteiger partial charge in [-0.1, -0.05) is 6.07 Å². The van der Waals surface area contributed by atoms with Crippen molar-refractivity contribution in [3.05, 3.63) is 23.8 Å². The second-order valence-corrected chi connectivity index (χ2v) is 4.99. The number of aryl methyl sites for hydroxylation is 1. The van der Waals surface area contributed by atoms with Gasteiger partial charge in [0.05, 0.1) is 25.3 Å². The second-order valence-electron chi connectivity index (χ2n) is 4.99. The fraction of sp³-hybridized carbons (Fsp3) is 0.467. The van der Waals surface area contributed by atoms with Gasteiger partial charge in [-0.15, -0.1) is 0 Å². The van der Waals surface area contributed by atoms with Crippen molar-refractivity contribution >= 4 is 17.6 Å². The molecule has 1 rings (SSSR count). The van der Waals surface area contributed by atoms with E-state index in [2.05, 4.69) is 5.32 Å². The van der Waals surface area contributed by atoms with Crippen LogP contribution in [0.4, 0.5) is 5.69 Å². The Bertz CT molecular complexity index is 516. The van der Waals surface area contributed by atoms with Crippen molar-refractivity contribution in [3.8, 4) is 5.75 Å². The van der Waals surface area contributed by atoms with Crippen LogP contribution in [0.2, 0.25) is 0 Å². The third kappa shape index (κ3) is 5.07. The Hall–Kier alpha value is -2.08. The maximum absolute atomic E-state index is 12.2. The number of carboxylic acids is 1. The topological polar surface area (TPSA) is 78.9 Å². The van der Waals surface area contributed by atoms with Crippen LogP contribution in [-0.2, 0) is 9.59 Å². The van der Waals surface area contributed by atoms with Crippen LogP contribution in [0.25, 0.3) is 0 Å². The lowest BCUT2D eigenvalue weighted by molar-refractivity contribution is -0.137. The molecule has 0 aromatic heterocycles. The minimum absolute atomic E-state index is 0.00187. The molecule has 0 aliphatic rings. The van der Waals surface area contributed by atoms with Gasteiger partial charge in [0.2, 0.25) is 5.91 Å². The van der Waals surface area contributed by atoms with Gasteiger partial charge in [0.1, 0.15) is 5.75 Å². The van der Waals surface area contributed by atoms with Gasteiger partial charge in [-0.25, -0.2) is 0 Å². The fourth-order valence-corrected chi connectivity index (χ4v) is 1.82. The predicted molar refractivity (Wildman–Crippen MR) is 80.7 cm³/mol. The molecule has 1 amide bonds. The monoisotopic (exact) mass is 294 g/mol. The summed E-state index contributed by atoms with van der Waals surface area (Å²) in [7, 11) is 3.27. The standard InChI is InChI=1S/C15H22N2O4/c1-10-5-6-13(21-4)12(9-10)16-15(20)11(2)17(3)8-7-14(18)19/h5-6,9,11H,7-8H2,1-4H3,(H,16,20)(H,18,19). The number of carbonyl (C=O) groups is 2. The highest BCUT2D eigenvalue weighted by molar-refractivity contribution is 5.95. The van der Waals surface area contributed by atoms with Crippen molar-refractivity contribution in [2.75, 3.05) is 26.0 Å². The first-order chi connectivity index (χ1) is 9.85. The average molecular weight is 294 g/mol. The smallest absolute Gasteiger partial charge is 0.304 e. The molecule has 0 aliphatic heterocycles. The van der Waals surface area contributed by atoms with E-state index in [0.29, 0.717) is 18.0 Å². The molecule has 0 radical (unpaired) electrons. The van der Waals surface area contributed by atoms with Gasteiger partial charge in [0.25, 0.3) is 0 Å². The number of carboxylic acid groups (broad SMARTS) is 1. The summed E-state index contributed by atoms with van der Waals surface area (Å²) in [5.41, 5.74) is 1.62.